The molecule has 1 aliphatic rings. The molecular weight excluding hydrogens is 299 g/mol. The summed E-state index contributed by atoms with van der Waals surface area (Å²) >= 11 is 0. The molecule has 1 aromatic carbocycles. The fourth-order valence-electron chi connectivity index (χ4n) is 2.24. The van der Waals surface area contributed by atoms with Gasteiger partial charge in [-0.05, 0) is 23.6 Å². The van der Waals surface area contributed by atoms with Gasteiger partial charge < -0.3 is 4.90 Å². The molecule has 0 spiro atoms. The normalized spacial score (nSPS) is 15.1. The number of hydrogen-bond acceptors (Lipinski definition) is 4. The average Bonchev–Trinajstić information content (AvgIpc) is 2.45. The Labute approximate surface area is 126 Å². The Morgan fingerprint density at radius 2 is 2.09 bits per heavy atom. The molecule has 8 heteroatoms. The number of hydrazine groups is 1. The molecule has 1 aliphatic heterocycles. The summed E-state index contributed by atoms with van der Waals surface area (Å²) in [5, 5.41) is 0. The third-order valence-corrected chi connectivity index (χ3v) is 3.37. The molecule has 0 unspecified atom stereocenters. The summed E-state index contributed by atoms with van der Waals surface area (Å²) in [6, 6.07) is 5.56. The van der Waals surface area contributed by atoms with Crippen LogP contribution in [0.5, 0.6) is 0 Å². The summed E-state index contributed by atoms with van der Waals surface area (Å²) in [6.45, 7) is 0.717. The Balaban J connectivity index is 1.77. The van der Waals surface area contributed by atoms with Crippen LogP contribution in [-0.2, 0) is 17.7 Å². The number of hydrogen-bond donors (Lipinski definition) is 2. The zero-order chi connectivity index (χ0) is 16.2. The Morgan fingerprint density at radius 3 is 2.82 bits per heavy atom. The van der Waals surface area contributed by atoms with E-state index in [1.54, 1.807) is 18.0 Å². The van der Waals surface area contributed by atoms with E-state index in [0.717, 1.165) is 17.5 Å². The number of fused-ring (bicyclic) bond motifs is 1. The van der Waals surface area contributed by atoms with Gasteiger partial charge in [0.15, 0.2) is 0 Å². The average molecular weight is 317 g/mol. The summed E-state index contributed by atoms with van der Waals surface area (Å²) in [7, 11) is 1.77. The minimum absolute atomic E-state index is 0.0168. The zero-order valence-electron chi connectivity index (χ0n) is 12.2. The molecule has 0 saturated carbocycles. The van der Waals surface area contributed by atoms with Crippen LogP contribution >= 0.6 is 0 Å². The number of alkyl halides is 3. The van der Waals surface area contributed by atoms with Crippen LogP contribution in [0.4, 0.5) is 13.2 Å². The molecule has 0 fully saturated rings. The van der Waals surface area contributed by atoms with Crippen molar-refractivity contribution < 1.29 is 22.7 Å². The molecule has 0 atom stereocenters. The van der Waals surface area contributed by atoms with Crippen molar-refractivity contribution >= 4 is 5.91 Å². The first-order valence-corrected chi connectivity index (χ1v) is 6.90. The summed E-state index contributed by atoms with van der Waals surface area (Å²) in [4.78, 5) is 13.6. The van der Waals surface area contributed by atoms with Gasteiger partial charge in [-0.1, -0.05) is 12.1 Å². The van der Waals surface area contributed by atoms with Crippen molar-refractivity contribution in [2.75, 3.05) is 26.7 Å². The number of nitrogens with zero attached hydrogens (tertiary/aromatic N) is 1. The maximum atomic E-state index is 11.9. The van der Waals surface area contributed by atoms with Crippen LogP contribution in [0.15, 0.2) is 18.2 Å². The van der Waals surface area contributed by atoms with Gasteiger partial charge in [0.2, 0.25) is 0 Å². The maximum absolute atomic E-state index is 11.9. The van der Waals surface area contributed by atoms with Crippen LogP contribution in [-0.4, -0.2) is 43.9 Å². The van der Waals surface area contributed by atoms with E-state index in [1.165, 1.54) is 0 Å². The highest BCUT2D eigenvalue weighted by molar-refractivity contribution is 5.96. The molecule has 2 N–H and O–H groups in total. The second-order valence-electron chi connectivity index (χ2n) is 5.04. The van der Waals surface area contributed by atoms with E-state index in [-0.39, 0.29) is 12.5 Å². The van der Waals surface area contributed by atoms with E-state index in [4.69, 9.17) is 0 Å². The smallest absolute Gasteiger partial charge is 0.341 e. The topological polar surface area (TPSA) is 53.6 Å². The predicted molar refractivity (Wildman–Crippen MR) is 74.0 cm³/mol. The number of halogens is 3. The van der Waals surface area contributed by atoms with E-state index >= 15 is 0 Å². The first-order valence-electron chi connectivity index (χ1n) is 6.90. The van der Waals surface area contributed by atoms with E-state index < -0.39 is 13.0 Å². The first-order chi connectivity index (χ1) is 10.4. The Kier molecular flexibility index (Phi) is 5.38. The van der Waals surface area contributed by atoms with Crippen LogP contribution in [0, 0.1) is 0 Å². The van der Waals surface area contributed by atoms with Gasteiger partial charge in [-0.15, -0.1) is 13.2 Å². The first kappa shape index (κ1) is 16.7. The van der Waals surface area contributed by atoms with Crippen LogP contribution in [0.3, 0.4) is 0 Å². The number of carbonyl (C=O) groups is 1. The summed E-state index contributed by atoms with van der Waals surface area (Å²) in [5.74, 6) is 0.0168. The predicted octanol–water partition coefficient (Wildman–Crippen LogP) is 1.45. The standard InChI is InChI=1S/C14H18F3N3O2/c1-20-6-4-11-8-10(2-3-12(11)13(20)21)9-19-18-5-7-22-14(15,16)17/h2-3,8,18-19H,4-7,9H2,1H3. The molecule has 0 saturated heterocycles. The molecule has 1 heterocycles. The van der Waals surface area contributed by atoms with Gasteiger partial charge in [0, 0.05) is 32.2 Å². The highest BCUT2D eigenvalue weighted by atomic mass is 19.4. The monoisotopic (exact) mass is 317 g/mol. The van der Waals surface area contributed by atoms with Crippen molar-refractivity contribution in [1.82, 2.24) is 15.8 Å². The van der Waals surface area contributed by atoms with Gasteiger partial charge in [-0.25, -0.2) is 0 Å². The fourth-order valence-corrected chi connectivity index (χ4v) is 2.24. The molecule has 2 rings (SSSR count). The molecule has 0 aliphatic carbocycles. The van der Waals surface area contributed by atoms with Crippen LogP contribution < -0.4 is 10.9 Å². The van der Waals surface area contributed by atoms with Gasteiger partial charge in [-0.3, -0.25) is 20.4 Å². The Morgan fingerprint density at radius 1 is 1.32 bits per heavy atom. The number of amides is 1. The van der Waals surface area contributed by atoms with E-state index in [2.05, 4.69) is 15.6 Å². The van der Waals surface area contributed by atoms with Crippen molar-refractivity contribution in [2.24, 2.45) is 0 Å². The van der Waals surface area contributed by atoms with Crippen LogP contribution in [0.1, 0.15) is 21.5 Å². The van der Waals surface area contributed by atoms with E-state index in [0.29, 0.717) is 18.7 Å². The lowest BCUT2D eigenvalue weighted by molar-refractivity contribution is -0.323. The molecule has 1 amide bonds. The Hall–Kier alpha value is -1.64. The van der Waals surface area contributed by atoms with Gasteiger partial charge in [-0.2, -0.15) is 0 Å². The van der Waals surface area contributed by atoms with Crippen molar-refractivity contribution in [3.05, 3.63) is 34.9 Å². The van der Waals surface area contributed by atoms with E-state index in [9.17, 15) is 18.0 Å². The second-order valence-corrected chi connectivity index (χ2v) is 5.04. The summed E-state index contributed by atoms with van der Waals surface area (Å²) in [6.07, 6.45) is -3.79. The molecule has 0 bridgehead atoms. The second kappa shape index (κ2) is 7.08. The van der Waals surface area contributed by atoms with Gasteiger partial charge in [0.25, 0.3) is 5.91 Å². The molecule has 22 heavy (non-hydrogen) atoms. The van der Waals surface area contributed by atoms with E-state index in [1.807, 2.05) is 12.1 Å². The maximum Gasteiger partial charge on any atom is 0.522 e. The largest absolute Gasteiger partial charge is 0.522 e. The van der Waals surface area contributed by atoms with Gasteiger partial charge in [0.1, 0.15) is 0 Å². The third-order valence-electron chi connectivity index (χ3n) is 3.37. The zero-order valence-corrected chi connectivity index (χ0v) is 12.2. The number of ether oxygens (including phenoxy) is 1. The minimum Gasteiger partial charge on any atom is -0.341 e. The molecule has 0 radical (unpaired) electrons. The fraction of sp³-hybridized carbons (Fsp3) is 0.500. The highest BCUT2D eigenvalue weighted by Crippen LogP contribution is 2.19. The van der Waals surface area contributed by atoms with Crippen molar-refractivity contribution in [2.45, 2.75) is 19.3 Å². The van der Waals surface area contributed by atoms with Crippen molar-refractivity contribution in [3.63, 3.8) is 0 Å². The molecule has 1 aromatic rings. The van der Waals surface area contributed by atoms with Crippen molar-refractivity contribution in [1.29, 1.82) is 0 Å². The quantitative estimate of drug-likeness (QED) is 0.616. The Bertz CT molecular complexity index is 535. The molecule has 5 nitrogen and oxygen atoms in total. The molecule has 0 aromatic heterocycles. The number of likely N-dealkylation sites (N-methyl/N-ethyl adjacent to an activating group) is 1. The number of nitrogens with one attached hydrogen (secondary N) is 2. The molecule has 122 valence electrons. The lowest BCUT2D eigenvalue weighted by Gasteiger charge is -2.25. The van der Waals surface area contributed by atoms with Gasteiger partial charge >= 0.3 is 6.36 Å². The van der Waals surface area contributed by atoms with Crippen LogP contribution in [0.25, 0.3) is 0 Å². The van der Waals surface area contributed by atoms with Crippen molar-refractivity contribution in [3.8, 4) is 0 Å². The lowest BCUT2D eigenvalue weighted by atomic mass is 9.97. The van der Waals surface area contributed by atoms with Crippen LogP contribution in [0.2, 0.25) is 0 Å². The lowest BCUT2D eigenvalue weighted by Crippen LogP contribution is -2.36. The van der Waals surface area contributed by atoms with Gasteiger partial charge in [0.05, 0.1) is 6.61 Å². The third kappa shape index (κ3) is 4.69. The summed E-state index contributed by atoms with van der Waals surface area (Å²) < 4.78 is 38.9. The molecular formula is C14H18F3N3O2. The number of rotatable bonds is 6. The highest BCUT2D eigenvalue weighted by Gasteiger charge is 2.28. The minimum atomic E-state index is -4.60. The summed E-state index contributed by atoms with van der Waals surface area (Å²) in [5.41, 5.74) is 8.15. The SMILES string of the molecule is CN1CCc2cc(CNNCCOC(F)(F)F)ccc2C1=O. The number of carbonyl (C=O) groups excluding carboxylic acids is 1. The number of benzene rings is 1.